The van der Waals surface area contributed by atoms with E-state index in [1.807, 2.05) is 18.4 Å². The predicted molar refractivity (Wildman–Crippen MR) is 79.3 cm³/mol. The van der Waals surface area contributed by atoms with Gasteiger partial charge < -0.3 is 15.2 Å². The highest BCUT2D eigenvalue weighted by Gasteiger charge is 2.29. The van der Waals surface area contributed by atoms with E-state index in [9.17, 15) is 14.4 Å². The number of thioether (sulfide) groups is 1. The molecular weight excluding hydrogens is 308 g/mol. The second-order valence-electron chi connectivity index (χ2n) is 4.61. The minimum atomic E-state index is -0.527. The fourth-order valence-electron chi connectivity index (χ4n) is 1.98. The van der Waals surface area contributed by atoms with Crippen molar-refractivity contribution in [1.29, 1.82) is 0 Å². The molecule has 0 atom stereocenters. The second kappa shape index (κ2) is 7.25. The van der Waals surface area contributed by atoms with Gasteiger partial charge >= 0.3 is 6.03 Å². The molecule has 0 spiro atoms. The number of rotatable bonds is 7. The standard InChI is InChI=1S/C12H18N6O3S/c1-3-17-8(2)15-16-12(17)22-5-4-13-9(19)7-18-10(20)6-14-11(18)21/h3-7H2,1-2H3,(H,13,19)(H,14,21). The number of carbonyl (C=O) groups is 3. The number of urea groups is 1. The molecule has 1 saturated heterocycles. The topological polar surface area (TPSA) is 109 Å². The molecule has 0 bridgehead atoms. The predicted octanol–water partition coefficient (Wildman–Crippen LogP) is -0.633. The van der Waals surface area contributed by atoms with Crippen LogP contribution in [-0.4, -0.2) is 62.9 Å². The summed E-state index contributed by atoms with van der Waals surface area (Å²) >= 11 is 1.49. The van der Waals surface area contributed by atoms with Crippen molar-refractivity contribution >= 4 is 29.6 Å². The Bertz CT molecular complexity index is 571. The smallest absolute Gasteiger partial charge is 0.325 e. The molecule has 1 aliphatic rings. The summed E-state index contributed by atoms with van der Waals surface area (Å²) in [6.07, 6.45) is 0. The molecule has 1 fully saturated rings. The van der Waals surface area contributed by atoms with Gasteiger partial charge in [0.05, 0.1) is 6.54 Å². The van der Waals surface area contributed by atoms with Crippen LogP contribution in [0.4, 0.5) is 4.79 Å². The van der Waals surface area contributed by atoms with Crippen molar-refractivity contribution < 1.29 is 14.4 Å². The molecule has 120 valence electrons. The fraction of sp³-hybridized carbons (Fsp3) is 0.583. The van der Waals surface area contributed by atoms with Crippen LogP contribution in [0.3, 0.4) is 0 Å². The van der Waals surface area contributed by atoms with Crippen molar-refractivity contribution in [3.63, 3.8) is 0 Å². The fourth-order valence-corrected chi connectivity index (χ4v) is 2.88. The largest absolute Gasteiger partial charge is 0.354 e. The van der Waals surface area contributed by atoms with Gasteiger partial charge in [0.2, 0.25) is 5.91 Å². The number of nitrogens with zero attached hydrogens (tertiary/aromatic N) is 4. The molecule has 22 heavy (non-hydrogen) atoms. The van der Waals surface area contributed by atoms with Gasteiger partial charge in [0.1, 0.15) is 12.4 Å². The van der Waals surface area contributed by atoms with Gasteiger partial charge in [-0.15, -0.1) is 10.2 Å². The lowest BCUT2D eigenvalue weighted by molar-refractivity contribution is -0.130. The summed E-state index contributed by atoms with van der Waals surface area (Å²) in [7, 11) is 0. The van der Waals surface area contributed by atoms with Crippen LogP contribution in [0.5, 0.6) is 0 Å². The lowest BCUT2D eigenvalue weighted by Gasteiger charge is -2.12. The summed E-state index contributed by atoms with van der Waals surface area (Å²) in [5, 5.41) is 13.9. The summed E-state index contributed by atoms with van der Waals surface area (Å²) in [6, 6.07) is -0.527. The Morgan fingerprint density at radius 1 is 1.41 bits per heavy atom. The van der Waals surface area contributed by atoms with E-state index in [0.717, 1.165) is 22.4 Å². The number of aromatic nitrogens is 3. The summed E-state index contributed by atoms with van der Waals surface area (Å²) in [5.41, 5.74) is 0. The minimum absolute atomic E-state index is 0.0476. The van der Waals surface area contributed by atoms with Crippen LogP contribution in [0.2, 0.25) is 0 Å². The zero-order chi connectivity index (χ0) is 16.1. The van der Waals surface area contributed by atoms with Gasteiger partial charge in [0.25, 0.3) is 5.91 Å². The summed E-state index contributed by atoms with van der Waals surface area (Å²) in [4.78, 5) is 35.3. The van der Waals surface area contributed by atoms with E-state index in [-0.39, 0.29) is 24.9 Å². The number of carbonyl (C=O) groups excluding carboxylic acids is 3. The van der Waals surface area contributed by atoms with Crippen LogP contribution in [0.1, 0.15) is 12.7 Å². The van der Waals surface area contributed by atoms with E-state index in [2.05, 4.69) is 20.8 Å². The average Bonchev–Trinajstić information content (AvgIpc) is 3.00. The number of imide groups is 1. The third kappa shape index (κ3) is 3.75. The van der Waals surface area contributed by atoms with Gasteiger partial charge in [-0.1, -0.05) is 11.8 Å². The first-order valence-electron chi connectivity index (χ1n) is 6.90. The maximum absolute atomic E-state index is 11.7. The first kappa shape index (κ1) is 16.3. The highest BCUT2D eigenvalue weighted by atomic mass is 32.2. The Balaban J connectivity index is 1.71. The van der Waals surface area contributed by atoms with Gasteiger partial charge in [0.15, 0.2) is 5.16 Å². The lowest BCUT2D eigenvalue weighted by Crippen LogP contribution is -2.41. The summed E-state index contributed by atoms with van der Waals surface area (Å²) < 4.78 is 1.99. The Hall–Kier alpha value is -2.10. The minimum Gasteiger partial charge on any atom is -0.354 e. The van der Waals surface area contributed by atoms with E-state index in [1.165, 1.54) is 11.8 Å². The molecule has 1 aromatic heterocycles. The molecule has 0 aliphatic carbocycles. The molecule has 0 aromatic carbocycles. The van der Waals surface area contributed by atoms with Crippen molar-refractivity contribution in [2.45, 2.75) is 25.5 Å². The lowest BCUT2D eigenvalue weighted by atomic mass is 10.5. The van der Waals surface area contributed by atoms with Crippen molar-refractivity contribution in [3.8, 4) is 0 Å². The molecule has 2 N–H and O–H groups in total. The highest BCUT2D eigenvalue weighted by Crippen LogP contribution is 2.15. The zero-order valence-electron chi connectivity index (χ0n) is 12.5. The van der Waals surface area contributed by atoms with E-state index in [4.69, 9.17) is 0 Å². The summed E-state index contributed by atoms with van der Waals surface area (Å²) in [5.74, 6) is 0.733. The van der Waals surface area contributed by atoms with Crippen LogP contribution in [-0.2, 0) is 16.1 Å². The van der Waals surface area contributed by atoms with E-state index >= 15 is 0 Å². The number of amides is 4. The van der Waals surface area contributed by atoms with Crippen LogP contribution < -0.4 is 10.6 Å². The maximum atomic E-state index is 11.7. The number of nitrogens with one attached hydrogen (secondary N) is 2. The first-order valence-corrected chi connectivity index (χ1v) is 7.89. The van der Waals surface area contributed by atoms with Crippen LogP contribution >= 0.6 is 11.8 Å². The Labute approximate surface area is 131 Å². The van der Waals surface area contributed by atoms with E-state index in [1.54, 1.807) is 0 Å². The average molecular weight is 326 g/mol. The third-order valence-corrected chi connectivity index (χ3v) is 4.08. The molecule has 0 radical (unpaired) electrons. The third-order valence-electron chi connectivity index (χ3n) is 3.11. The normalized spacial score (nSPS) is 14.4. The van der Waals surface area contributed by atoms with Crippen molar-refractivity contribution in [2.75, 3.05) is 25.4 Å². The second-order valence-corrected chi connectivity index (χ2v) is 5.67. The Morgan fingerprint density at radius 3 is 2.82 bits per heavy atom. The van der Waals surface area contributed by atoms with Crippen molar-refractivity contribution in [2.24, 2.45) is 0 Å². The van der Waals surface area contributed by atoms with Crippen molar-refractivity contribution in [1.82, 2.24) is 30.3 Å². The number of hydrogen-bond donors (Lipinski definition) is 2. The monoisotopic (exact) mass is 326 g/mol. The Morgan fingerprint density at radius 2 is 2.18 bits per heavy atom. The molecule has 0 saturated carbocycles. The molecule has 1 aromatic rings. The van der Waals surface area contributed by atoms with Crippen LogP contribution in [0.25, 0.3) is 0 Å². The first-order chi connectivity index (χ1) is 10.5. The zero-order valence-corrected chi connectivity index (χ0v) is 13.3. The van der Waals surface area contributed by atoms with Gasteiger partial charge in [-0.2, -0.15) is 0 Å². The SMILES string of the molecule is CCn1c(C)nnc1SCCNC(=O)CN1C(=O)CNC1=O. The Kier molecular flexibility index (Phi) is 5.36. The molecule has 2 heterocycles. The van der Waals surface area contributed by atoms with Crippen molar-refractivity contribution in [3.05, 3.63) is 5.82 Å². The maximum Gasteiger partial charge on any atom is 0.325 e. The van der Waals surface area contributed by atoms with E-state index in [0.29, 0.717) is 12.3 Å². The molecular formula is C12H18N6O3S. The molecule has 9 nitrogen and oxygen atoms in total. The quantitative estimate of drug-likeness (QED) is 0.392. The molecule has 1 aliphatic heterocycles. The molecule has 4 amide bonds. The van der Waals surface area contributed by atoms with Gasteiger partial charge in [-0.25, -0.2) is 4.79 Å². The summed E-state index contributed by atoms with van der Waals surface area (Å²) in [6.45, 7) is 4.82. The number of hydrogen-bond acceptors (Lipinski definition) is 6. The van der Waals surface area contributed by atoms with Gasteiger partial charge in [-0.3, -0.25) is 14.5 Å². The highest BCUT2D eigenvalue weighted by molar-refractivity contribution is 7.99. The van der Waals surface area contributed by atoms with Gasteiger partial charge in [-0.05, 0) is 13.8 Å². The van der Waals surface area contributed by atoms with Crippen LogP contribution in [0.15, 0.2) is 5.16 Å². The van der Waals surface area contributed by atoms with Crippen LogP contribution in [0, 0.1) is 6.92 Å². The van der Waals surface area contributed by atoms with Gasteiger partial charge in [0, 0.05) is 18.8 Å². The molecule has 10 heteroatoms. The number of aryl methyl sites for hydroxylation is 1. The van der Waals surface area contributed by atoms with E-state index < -0.39 is 6.03 Å². The molecule has 2 rings (SSSR count). The molecule has 0 unspecified atom stereocenters.